The highest BCUT2D eigenvalue weighted by Gasteiger charge is 2.34. The van der Waals surface area contributed by atoms with Crippen molar-refractivity contribution >= 4 is 17.3 Å². The van der Waals surface area contributed by atoms with E-state index >= 15 is 0 Å². The van der Waals surface area contributed by atoms with Crippen LogP contribution in [0.25, 0.3) is 0 Å². The molecule has 1 heterocycles. The van der Waals surface area contributed by atoms with Crippen molar-refractivity contribution in [3.63, 3.8) is 0 Å². The minimum absolute atomic E-state index is 0.0773. The molecule has 2 N–H and O–H groups in total. The van der Waals surface area contributed by atoms with Gasteiger partial charge in [0.1, 0.15) is 5.67 Å². The number of anilines is 1. The van der Waals surface area contributed by atoms with Gasteiger partial charge in [-0.05, 0) is 25.0 Å². The van der Waals surface area contributed by atoms with Gasteiger partial charge in [0, 0.05) is 13.1 Å². The van der Waals surface area contributed by atoms with Crippen LogP contribution in [0.15, 0.2) is 24.3 Å². The maximum Gasteiger partial charge on any atom is 0.140 e. The summed E-state index contributed by atoms with van der Waals surface area (Å²) in [6.45, 7) is 1.26. The van der Waals surface area contributed by atoms with E-state index in [-0.39, 0.29) is 6.54 Å². The first-order chi connectivity index (χ1) is 7.64. The van der Waals surface area contributed by atoms with Gasteiger partial charge in [-0.25, -0.2) is 4.39 Å². The molecule has 1 saturated heterocycles. The third kappa shape index (κ3) is 2.30. The molecule has 0 radical (unpaired) electrons. The third-order valence-corrected chi connectivity index (χ3v) is 3.41. The number of hydrogen-bond donors (Lipinski definition) is 1. The fourth-order valence-corrected chi connectivity index (χ4v) is 2.42. The van der Waals surface area contributed by atoms with Crippen molar-refractivity contribution in [1.82, 2.24) is 0 Å². The normalized spacial score (nSPS) is 25.8. The van der Waals surface area contributed by atoms with E-state index in [1.54, 1.807) is 0 Å². The summed E-state index contributed by atoms with van der Waals surface area (Å²) in [4.78, 5) is 1.98. The predicted molar refractivity (Wildman–Crippen MR) is 65.8 cm³/mol. The van der Waals surface area contributed by atoms with Crippen LogP contribution in [0.4, 0.5) is 10.1 Å². The molecule has 0 bridgehead atoms. The van der Waals surface area contributed by atoms with Crippen LogP contribution < -0.4 is 10.6 Å². The summed E-state index contributed by atoms with van der Waals surface area (Å²) in [5.41, 5.74) is 5.12. The van der Waals surface area contributed by atoms with Crippen LogP contribution in [0.1, 0.15) is 12.8 Å². The van der Waals surface area contributed by atoms with Crippen LogP contribution in [0.3, 0.4) is 0 Å². The van der Waals surface area contributed by atoms with Gasteiger partial charge in [0.25, 0.3) is 0 Å². The van der Waals surface area contributed by atoms with Gasteiger partial charge in [0.05, 0.1) is 17.3 Å². The lowest BCUT2D eigenvalue weighted by atomic mass is 9.94. The van der Waals surface area contributed by atoms with Crippen molar-refractivity contribution in [3.05, 3.63) is 29.3 Å². The molecule has 4 heteroatoms. The van der Waals surface area contributed by atoms with E-state index in [9.17, 15) is 4.39 Å². The second kappa shape index (κ2) is 4.60. The molecule has 1 aliphatic rings. The lowest BCUT2D eigenvalue weighted by molar-refractivity contribution is 0.146. The van der Waals surface area contributed by atoms with Gasteiger partial charge >= 0.3 is 0 Å². The number of halogens is 2. The monoisotopic (exact) mass is 242 g/mol. The van der Waals surface area contributed by atoms with Crippen molar-refractivity contribution in [3.8, 4) is 0 Å². The second-order valence-electron chi connectivity index (χ2n) is 4.33. The minimum atomic E-state index is -1.27. The van der Waals surface area contributed by atoms with Crippen LogP contribution in [0, 0.1) is 0 Å². The first-order valence-corrected chi connectivity index (χ1v) is 5.91. The number of nitrogens with zero attached hydrogens (tertiary/aromatic N) is 1. The molecular formula is C12H16ClFN2. The summed E-state index contributed by atoms with van der Waals surface area (Å²) in [5, 5.41) is 0.670. The maximum atomic E-state index is 14.2. The molecule has 0 saturated carbocycles. The quantitative estimate of drug-likeness (QED) is 0.864. The Labute approximate surface area is 100 Å². The van der Waals surface area contributed by atoms with Crippen LogP contribution in [0.2, 0.25) is 5.02 Å². The third-order valence-electron chi connectivity index (χ3n) is 3.09. The van der Waals surface area contributed by atoms with Gasteiger partial charge < -0.3 is 10.6 Å². The predicted octanol–water partition coefficient (Wildman–Crippen LogP) is 2.61. The molecule has 1 aromatic rings. The zero-order valence-electron chi connectivity index (χ0n) is 9.13. The highest BCUT2D eigenvalue weighted by Crippen LogP contribution is 2.32. The summed E-state index contributed by atoms with van der Waals surface area (Å²) < 4.78 is 14.2. The fourth-order valence-electron chi connectivity index (χ4n) is 2.17. The summed E-state index contributed by atoms with van der Waals surface area (Å²) >= 11 is 6.10. The average Bonchev–Trinajstić information content (AvgIpc) is 2.30. The molecule has 0 aromatic heterocycles. The summed E-state index contributed by atoms with van der Waals surface area (Å²) in [6, 6.07) is 7.54. The van der Waals surface area contributed by atoms with Gasteiger partial charge in [-0.2, -0.15) is 0 Å². The molecule has 2 nitrogen and oxygen atoms in total. The standard InChI is InChI=1S/C12H16ClFN2/c13-10-4-1-2-5-11(10)16-7-3-6-12(14,8-15)9-16/h1-2,4-5H,3,6-9,15H2. The molecule has 1 aliphatic heterocycles. The van der Waals surface area contributed by atoms with Crippen LogP contribution in [-0.2, 0) is 0 Å². The zero-order valence-corrected chi connectivity index (χ0v) is 9.88. The van der Waals surface area contributed by atoms with Crippen LogP contribution >= 0.6 is 11.6 Å². The first kappa shape index (κ1) is 11.7. The SMILES string of the molecule is NCC1(F)CCCN(c2ccccc2Cl)C1. The molecule has 0 spiro atoms. The molecule has 1 fully saturated rings. The Balaban J connectivity index is 2.19. The minimum Gasteiger partial charge on any atom is -0.367 e. The topological polar surface area (TPSA) is 29.3 Å². The molecule has 0 aliphatic carbocycles. The van der Waals surface area contributed by atoms with Crippen molar-refractivity contribution in [2.45, 2.75) is 18.5 Å². The van der Waals surface area contributed by atoms with Gasteiger partial charge in [0.2, 0.25) is 0 Å². The number of rotatable bonds is 2. The van der Waals surface area contributed by atoms with Gasteiger partial charge in [-0.3, -0.25) is 0 Å². The Morgan fingerprint density at radius 1 is 1.44 bits per heavy atom. The molecule has 1 unspecified atom stereocenters. The number of benzene rings is 1. The zero-order chi connectivity index (χ0) is 11.6. The van der Waals surface area contributed by atoms with E-state index in [1.807, 2.05) is 29.2 Å². The van der Waals surface area contributed by atoms with Gasteiger partial charge in [-0.15, -0.1) is 0 Å². The summed E-state index contributed by atoms with van der Waals surface area (Å²) in [6.07, 6.45) is 1.36. The van der Waals surface area contributed by atoms with Crippen LogP contribution in [-0.4, -0.2) is 25.3 Å². The van der Waals surface area contributed by atoms with Gasteiger partial charge in [0.15, 0.2) is 0 Å². The Kier molecular flexibility index (Phi) is 3.36. The Morgan fingerprint density at radius 2 is 2.19 bits per heavy atom. The van der Waals surface area contributed by atoms with E-state index in [2.05, 4.69) is 0 Å². The largest absolute Gasteiger partial charge is 0.367 e. The number of alkyl halides is 1. The molecule has 2 rings (SSSR count). The first-order valence-electron chi connectivity index (χ1n) is 5.53. The molecule has 88 valence electrons. The molecule has 1 atom stereocenters. The van der Waals surface area contributed by atoms with Crippen molar-refractivity contribution < 1.29 is 4.39 Å². The van der Waals surface area contributed by atoms with Crippen molar-refractivity contribution in [1.29, 1.82) is 0 Å². The van der Waals surface area contributed by atoms with Crippen molar-refractivity contribution in [2.24, 2.45) is 5.73 Å². The van der Waals surface area contributed by atoms with Crippen LogP contribution in [0.5, 0.6) is 0 Å². The van der Waals surface area contributed by atoms with Gasteiger partial charge in [-0.1, -0.05) is 23.7 Å². The maximum absolute atomic E-state index is 14.2. The Morgan fingerprint density at radius 3 is 2.88 bits per heavy atom. The highest BCUT2D eigenvalue weighted by molar-refractivity contribution is 6.33. The van der Waals surface area contributed by atoms with E-state index in [0.29, 0.717) is 18.0 Å². The molecule has 1 aromatic carbocycles. The Hall–Kier alpha value is -0.800. The lowest BCUT2D eigenvalue weighted by Gasteiger charge is -2.38. The summed E-state index contributed by atoms with van der Waals surface area (Å²) in [7, 11) is 0. The summed E-state index contributed by atoms with van der Waals surface area (Å²) in [5.74, 6) is 0. The highest BCUT2D eigenvalue weighted by atomic mass is 35.5. The number of piperidine rings is 1. The lowest BCUT2D eigenvalue weighted by Crippen LogP contribution is -2.49. The fraction of sp³-hybridized carbons (Fsp3) is 0.500. The smallest absolute Gasteiger partial charge is 0.140 e. The van der Waals surface area contributed by atoms with E-state index < -0.39 is 5.67 Å². The Bertz CT molecular complexity index is 372. The van der Waals surface area contributed by atoms with Crippen molar-refractivity contribution in [2.75, 3.05) is 24.5 Å². The van der Waals surface area contributed by atoms with E-state index in [1.165, 1.54) is 0 Å². The average molecular weight is 243 g/mol. The number of hydrogen-bond acceptors (Lipinski definition) is 2. The number of nitrogens with two attached hydrogens (primary N) is 1. The van der Waals surface area contributed by atoms with E-state index in [4.69, 9.17) is 17.3 Å². The second-order valence-corrected chi connectivity index (χ2v) is 4.74. The molecular weight excluding hydrogens is 227 g/mol. The molecule has 16 heavy (non-hydrogen) atoms. The number of para-hydroxylation sites is 1. The molecule has 0 amide bonds. The van der Waals surface area contributed by atoms with E-state index in [0.717, 1.165) is 18.7 Å².